The standard InChI is InChI=1S/C31H32FN7O2S/c32-23-7-11-25(12-8-23)39-19-28(22-5-9-24(10-6-22)38-15-17-42(41,18-16-38)35-21-34)29(37-39)26-3-1-2-4-27(26)30(40)36-31(20-33)13-14-31/h5-12,19,26-27H,1-4,13-18H2,(H,36,40)/t26-,27-/m1/s1. The summed E-state index contributed by atoms with van der Waals surface area (Å²) in [5.41, 5.74) is 3.67. The Kier molecular flexibility index (Phi) is 7.46. The van der Waals surface area contributed by atoms with Gasteiger partial charge in [0.1, 0.15) is 11.4 Å². The Morgan fingerprint density at radius 1 is 1.02 bits per heavy atom. The summed E-state index contributed by atoms with van der Waals surface area (Å²) in [6.45, 7) is 1.11. The van der Waals surface area contributed by atoms with Gasteiger partial charge in [-0.05, 0) is 67.6 Å². The molecule has 42 heavy (non-hydrogen) atoms. The molecule has 0 unspecified atom stereocenters. The molecule has 2 atom stereocenters. The minimum atomic E-state index is -2.46. The molecule has 0 spiro atoms. The minimum Gasteiger partial charge on any atom is -0.370 e. The average molecular weight is 586 g/mol. The van der Waals surface area contributed by atoms with E-state index in [9.17, 15) is 18.7 Å². The van der Waals surface area contributed by atoms with Crippen LogP contribution in [0.4, 0.5) is 10.1 Å². The Hall–Kier alpha value is -4.22. The van der Waals surface area contributed by atoms with Crippen molar-refractivity contribution in [1.29, 1.82) is 10.5 Å². The van der Waals surface area contributed by atoms with Gasteiger partial charge in [-0.2, -0.15) is 15.6 Å². The topological polar surface area (TPSA) is 127 Å². The molecule has 3 fully saturated rings. The largest absolute Gasteiger partial charge is 0.370 e. The van der Waals surface area contributed by atoms with Gasteiger partial charge >= 0.3 is 0 Å². The first kappa shape index (κ1) is 27.9. The quantitative estimate of drug-likeness (QED) is 0.410. The second kappa shape index (κ2) is 11.2. The molecular formula is C31H32FN7O2S. The van der Waals surface area contributed by atoms with Crippen molar-refractivity contribution in [2.75, 3.05) is 29.5 Å². The van der Waals surface area contributed by atoms with E-state index in [0.29, 0.717) is 37.4 Å². The first-order valence-corrected chi connectivity index (χ1v) is 16.2. The van der Waals surface area contributed by atoms with E-state index in [1.165, 1.54) is 12.1 Å². The van der Waals surface area contributed by atoms with Gasteiger partial charge in [0.05, 0.1) is 38.7 Å². The number of carbonyl (C=O) groups excluding carboxylic acids is 1. The summed E-state index contributed by atoms with van der Waals surface area (Å²) in [7, 11) is -2.46. The number of hydrogen-bond donors (Lipinski definition) is 1. The number of benzene rings is 2. The predicted molar refractivity (Wildman–Crippen MR) is 158 cm³/mol. The number of aromatic nitrogens is 2. The third kappa shape index (κ3) is 5.62. The number of hydrogen-bond acceptors (Lipinski definition) is 7. The number of carbonyl (C=O) groups is 1. The summed E-state index contributed by atoms with van der Waals surface area (Å²) in [6.07, 6.45) is 8.48. The molecule has 2 aliphatic carbocycles. The molecule has 6 rings (SSSR count). The fraction of sp³-hybridized carbons (Fsp3) is 0.419. The lowest BCUT2D eigenvalue weighted by Gasteiger charge is -2.31. The Balaban J connectivity index is 1.32. The fourth-order valence-electron chi connectivity index (χ4n) is 6.10. The highest BCUT2D eigenvalue weighted by molar-refractivity contribution is 7.93. The molecule has 0 bridgehead atoms. The highest BCUT2D eigenvalue weighted by Gasteiger charge is 2.47. The van der Waals surface area contributed by atoms with Crippen LogP contribution in [0.2, 0.25) is 0 Å². The van der Waals surface area contributed by atoms with Crippen LogP contribution in [0.3, 0.4) is 0 Å². The fourth-order valence-corrected chi connectivity index (χ4v) is 7.64. The van der Waals surface area contributed by atoms with Crippen LogP contribution < -0.4 is 10.2 Å². The summed E-state index contributed by atoms with van der Waals surface area (Å²) >= 11 is 0. The van der Waals surface area contributed by atoms with E-state index in [0.717, 1.165) is 53.9 Å². The van der Waals surface area contributed by atoms with Crippen LogP contribution >= 0.6 is 0 Å². The molecule has 9 nitrogen and oxygen atoms in total. The van der Waals surface area contributed by atoms with Gasteiger partial charge in [-0.1, -0.05) is 25.0 Å². The van der Waals surface area contributed by atoms with Gasteiger partial charge in [0.25, 0.3) is 0 Å². The highest BCUT2D eigenvalue weighted by Crippen LogP contribution is 2.43. The lowest BCUT2D eigenvalue weighted by Crippen LogP contribution is -2.42. The van der Waals surface area contributed by atoms with Crippen LogP contribution in [0, 0.1) is 34.5 Å². The summed E-state index contributed by atoms with van der Waals surface area (Å²) in [5, 5.41) is 26.4. The monoisotopic (exact) mass is 585 g/mol. The van der Waals surface area contributed by atoms with Crippen molar-refractivity contribution in [1.82, 2.24) is 15.1 Å². The van der Waals surface area contributed by atoms with E-state index in [1.54, 1.807) is 23.0 Å². The Morgan fingerprint density at radius 2 is 1.69 bits per heavy atom. The predicted octanol–water partition coefficient (Wildman–Crippen LogP) is 4.89. The van der Waals surface area contributed by atoms with Crippen LogP contribution in [0.15, 0.2) is 59.1 Å². The maximum Gasteiger partial charge on any atom is 0.225 e. The molecule has 1 aromatic heterocycles. The van der Waals surface area contributed by atoms with Crippen molar-refractivity contribution in [3.05, 3.63) is 66.2 Å². The van der Waals surface area contributed by atoms with E-state index < -0.39 is 15.3 Å². The Labute approximate surface area is 245 Å². The molecule has 11 heteroatoms. The van der Waals surface area contributed by atoms with Gasteiger partial charge in [0.2, 0.25) is 12.1 Å². The number of anilines is 1. The van der Waals surface area contributed by atoms with Crippen molar-refractivity contribution in [2.45, 2.75) is 50.0 Å². The van der Waals surface area contributed by atoms with E-state index in [1.807, 2.05) is 30.5 Å². The third-order valence-corrected chi connectivity index (χ3v) is 10.8. The molecule has 1 N–H and O–H groups in total. The van der Waals surface area contributed by atoms with Crippen LogP contribution in [-0.2, 0) is 14.5 Å². The molecule has 216 valence electrons. The van der Waals surface area contributed by atoms with Crippen molar-refractivity contribution < 1.29 is 13.4 Å². The van der Waals surface area contributed by atoms with Gasteiger partial charge in [-0.3, -0.25) is 4.79 Å². The summed E-state index contributed by atoms with van der Waals surface area (Å²) < 4.78 is 31.7. The maximum atomic E-state index is 13.7. The second-order valence-corrected chi connectivity index (χ2v) is 14.0. The van der Waals surface area contributed by atoms with Crippen molar-refractivity contribution in [3.8, 4) is 29.1 Å². The van der Waals surface area contributed by atoms with Gasteiger partial charge < -0.3 is 10.2 Å². The first-order chi connectivity index (χ1) is 20.3. The Bertz CT molecular complexity index is 1680. The number of nitrogens with one attached hydrogen (secondary N) is 1. The van der Waals surface area contributed by atoms with Gasteiger partial charge in [-0.15, -0.1) is 4.36 Å². The zero-order valence-corrected chi connectivity index (χ0v) is 24.0. The second-order valence-electron chi connectivity index (χ2n) is 11.4. The van der Waals surface area contributed by atoms with Crippen molar-refractivity contribution >= 4 is 21.3 Å². The van der Waals surface area contributed by atoms with E-state index >= 15 is 0 Å². The van der Waals surface area contributed by atoms with Crippen LogP contribution in [-0.4, -0.2) is 50.0 Å². The van der Waals surface area contributed by atoms with E-state index in [4.69, 9.17) is 10.4 Å². The number of amides is 1. The zero-order valence-electron chi connectivity index (χ0n) is 23.2. The summed E-state index contributed by atoms with van der Waals surface area (Å²) in [6, 6.07) is 16.5. The van der Waals surface area contributed by atoms with Crippen LogP contribution in [0.5, 0.6) is 0 Å². The normalized spacial score (nSPS) is 22.4. The SMILES string of the molecule is N#CN=S1(=O)CCN(c2ccc(-c3cn(-c4ccc(F)cc4)nc3[C@@H]3CCCC[C@H]3C(=O)NC3(C#N)CC3)cc2)CC1. The maximum absolute atomic E-state index is 13.7. The molecule has 1 aliphatic heterocycles. The number of halogens is 1. The first-order valence-electron chi connectivity index (χ1n) is 14.4. The molecule has 2 heterocycles. The highest BCUT2D eigenvalue weighted by atomic mass is 32.2. The molecule has 1 saturated heterocycles. The zero-order chi connectivity index (χ0) is 29.3. The van der Waals surface area contributed by atoms with Gasteiger partial charge in [0, 0.05) is 42.4 Å². The minimum absolute atomic E-state index is 0.0822. The average Bonchev–Trinajstić information content (AvgIpc) is 3.64. The summed E-state index contributed by atoms with van der Waals surface area (Å²) in [5.74, 6) is -0.108. The molecule has 2 aromatic carbocycles. The molecule has 3 aromatic rings. The molecule has 1 amide bonds. The lowest BCUT2D eigenvalue weighted by atomic mass is 9.75. The third-order valence-electron chi connectivity index (χ3n) is 8.73. The van der Waals surface area contributed by atoms with E-state index in [2.05, 4.69) is 20.6 Å². The molecule has 3 aliphatic rings. The lowest BCUT2D eigenvalue weighted by molar-refractivity contribution is -0.127. The van der Waals surface area contributed by atoms with Crippen LogP contribution in [0.25, 0.3) is 16.8 Å². The van der Waals surface area contributed by atoms with Gasteiger partial charge in [-0.25, -0.2) is 13.3 Å². The molecule has 2 saturated carbocycles. The summed E-state index contributed by atoms with van der Waals surface area (Å²) in [4.78, 5) is 15.6. The molecule has 0 radical (unpaired) electrons. The van der Waals surface area contributed by atoms with E-state index in [-0.39, 0.29) is 23.6 Å². The number of nitriles is 2. The van der Waals surface area contributed by atoms with Crippen molar-refractivity contribution in [3.63, 3.8) is 0 Å². The van der Waals surface area contributed by atoms with Gasteiger partial charge in [0.15, 0.2) is 0 Å². The number of nitrogens with zero attached hydrogens (tertiary/aromatic N) is 6. The Morgan fingerprint density at radius 3 is 2.33 bits per heavy atom. The van der Waals surface area contributed by atoms with Crippen LogP contribution in [0.1, 0.15) is 50.1 Å². The smallest absolute Gasteiger partial charge is 0.225 e. The molecular weight excluding hydrogens is 553 g/mol. The van der Waals surface area contributed by atoms with Crippen molar-refractivity contribution in [2.24, 2.45) is 10.3 Å². The number of rotatable bonds is 6.